The second-order valence-electron chi connectivity index (χ2n) is 3.18. The van der Waals surface area contributed by atoms with Gasteiger partial charge in [0, 0.05) is 5.33 Å². The van der Waals surface area contributed by atoms with Gasteiger partial charge in [0.05, 0.1) is 5.56 Å². The molecule has 1 aromatic carbocycles. The first-order chi connectivity index (χ1) is 6.45. The summed E-state index contributed by atoms with van der Waals surface area (Å²) in [6, 6.07) is 5.28. The summed E-state index contributed by atoms with van der Waals surface area (Å²) < 4.78 is 36.6. The first kappa shape index (κ1) is 11.6. The van der Waals surface area contributed by atoms with Crippen LogP contribution in [0.3, 0.4) is 0 Å². The van der Waals surface area contributed by atoms with Crippen molar-refractivity contribution in [1.29, 1.82) is 0 Å². The van der Waals surface area contributed by atoms with Crippen LogP contribution in [0.4, 0.5) is 13.2 Å². The van der Waals surface area contributed by atoms with E-state index in [2.05, 4.69) is 15.9 Å². The monoisotopic (exact) mass is 266 g/mol. The van der Waals surface area contributed by atoms with Gasteiger partial charge in [-0.25, -0.2) is 0 Å². The summed E-state index contributed by atoms with van der Waals surface area (Å²) in [6.45, 7) is 1.96. The van der Waals surface area contributed by atoms with E-state index >= 15 is 0 Å². The number of rotatable bonds is 2. The molecule has 4 heteroatoms. The molecule has 0 fully saturated rings. The normalized spacial score (nSPS) is 14.1. The van der Waals surface area contributed by atoms with Crippen LogP contribution < -0.4 is 0 Å². The van der Waals surface area contributed by atoms with E-state index in [0.29, 0.717) is 0 Å². The van der Waals surface area contributed by atoms with Crippen molar-refractivity contribution in [1.82, 2.24) is 0 Å². The summed E-state index contributed by atoms with van der Waals surface area (Å²) in [5.41, 5.74) is 0.317. The number of hydrogen-bond donors (Lipinski definition) is 0. The molecule has 0 heterocycles. The van der Waals surface area contributed by atoms with Crippen LogP contribution in [0, 0.1) is 0 Å². The maximum Gasteiger partial charge on any atom is 0.416 e. The van der Waals surface area contributed by atoms with E-state index in [1.807, 2.05) is 6.92 Å². The predicted octanol–water partition coefficient (Wildman–Crippen LogP) is 4.20. The van der Waals surface area contributed by atoms with Gasteiger partial charge >= 0.3 is 6.18 Å². The van der Waals surface area contributed by atoms with Crippen LogP contribution in [-0.2, 0) is 6.18 Å². The molecular formula is C10H10BrF3. The van der Waals surface area contributed by atoms with E-state index < -0.39 is 11.7 Å². The van der Waals surface area contributed by atoms with E-state index in [1.54, 1.807) is 0 Å². The second kappa shape index (κ2) is 4.34. The lowest BCUT2D eigenvalue weighted by atomic mass is 10.0. The van der Waals surface area contributed by atoms with Gasteiger partial charge in [0.1, 0.15) is 0 Å². The summed E-state index contributed by atoms with van der Waals surface area (Å²) in [5.74, 6) is 0.234. The molecule has 0 aliphatic heterocycles. The van der Waals surface area contributed by atoms with Crippen LogP contribution in [0.2, 0.25) is 0 Å². The molecule has 1 atom stereocenters. The Hall–Kier alpha value is -0.510. The van der Waals surface area contributed by atoms with Gasteiger partial charge in [-0.3, -0.25) is 0 Å². The van der Waals surface area contributed by atoms with Gasteiger partial charge in [-0.1, -0.05) is 35.0 Å². The molecule has 0 saturated heterocycles. The Labute approximate surface area is 89.3 Å². The lowest BCUT2D eigenvalue weighted by Crippen LogP contribution is -2.05. The summed E-state index contributed by atoms with van der Waals surface area (Å²) in [5, 5.41) is 0.748. The highest BCUT2D eigenvalue weighted by Crippen LogP contribution is 2.30. The lowest BCUT2D eigenvalue weighted by Gasteiger charge is -2.10. The van der Waals surface area contributed by atoms with E-state index in [9.17, 15) is 13.2 Å². The van der Waals surface area contributed by atoms with E-state index in [4.69, 9.17) is 0 Å². The van der Waals surface area contributed by atoms with Crippen LogP contribution in [-0.4, -0.2) is 5.33 Å². The molecule has 1 aromatic rings. The standard InChI is InChI=1S/C10H10BrF3/c1-7(6-11)8-2-4-9(5-3-8)10(12,13)14/h2-5,7H,6H2,1H3. The Morgan fingerprint density at radius 3 is 2.07 bits per heavy atom. The quantitative estimate of drug-likeness (QED) is 0.704. The number of halogens is 4. The topological polar surface area (TPSA) is 0 Å². The van der Waals surface area contributed by atoms with Crippen molar-refractivity contribution in [3.63, 3.8) is 0 Å². The molecule has 0 saturated carbocycles. The van der Waals surface area contributed by atoms with Crippen LogP contribution in [0.1, 0.15) is 24.0 Å². The lowest BCUT2D eigenvalue weighted by molar-refractivity contribution is -0.137. The zero-order chi connectivity index (χ0) is 10.8. The highest BCUT2D eigenvalue weighted by atomic mass is 79.9. The molecule has 0 spiro atoms. The van der Waals surface area contributed by atoms with Crippen molar-refractivity contribution in [3.05, 3.63) is 35.4 Å². The van der Waals surface area contributed by atoms with Crippen LogP contribution in [0.5, 0.6) is 0 Å². The van der Waals surface area contributed by atoms with Crippen LogP contribution in [0.25, 0.3) is 0 Å². The molecule has 0 aliphatic carbocycles. The Kier molecular flexibility index (Phi) is 3.59. The van der Waals surface area contributed by atoms with Gasteiger partial charge < -0.3 is 0 Å². The van der Waals surface area contributed by atoms with Crippen molar-refractivity contribution in [2.75, 3.05) is 5.33 Å². The molecule has 1 unspecified atom stereocenters. The fourth-order valence-corrected chi connectivity index (χ4v) is 1.46. The van der Waals surface area contributed by atoms with Crippen LogP contribution in [0.15, 0.2) is 24.3 Å². The Morgan fingerprint density at radius 1 is 1.21 bits per heavy atom. The fraction of sp³-hybridized carbons (Fsp3) is 0.400. The summed E-state index contributed by atoms with van der Waals surface area (Å²) in [4.78, 5) is 0. The Bertz CT molecular complexity index is 289. The van der Waals surface area contributed by atoms with Crippen molar-refractivity contribution in [2.45, 2.75) is 19.0 Å². The summed E-state index contributed by atoms with van der Waals surface area (Å²) >= 11 is 3.29. The van der Waals surface area contributed by atoms with Gasteiger partial charge in [0.2, 0.25) is 0 Å². The largest absolute Gasteiger partial charge is 0.416 e. The molecule has 1 rings (SSSR count). The minimum absolute atomic E-state index is 0.234. The molecule has 0 aromatic heterocycles. The minimum atomic E-state index is -4.24. The first-order valence-corrected chi connectivity index (χ1v) is 5.30. The van der Waals surface area contributed by atoms with E-state index in [-0.39, 0.29) is 5.92 Å². The summed E-state index contributed by atoms with van der Waals surface area (Å²) in [7, 11) is 0. The summed E-state index contributed by atoms with van der Waals surface area (Å²) in [6.07, 6.45) is -4.24. The fourth-order valence-electron chi connectivity index (χ4n) is 1.09. The average Bonchev–Trinajstić information content (AvgIpc) is 2.15. The van der Waals surface area contributed by atoms with Crippen molar-refractivity contribution in [3.8, 4) is 0 Å². The second-order valence-corrected chi connectivity index (χ2v) is 3.82. The number of hydrogen-bond acceptors (Lipinski definition) is 0. The molecule has 0 amide bonds. The predicted molar refractivity (Wildman–Crippen MR) is 53.7 cm³/mol. The van der Waals surface area contributed by atoms with Gasteiger partial charge in [-0.15, -0.1) is 0 Å². The number of benzene rings is 1. The highest BCUT2D eigenvalue weighted by Gasteiger charge is 2.29. The van der Waals surface area contributed by atoms with Crippen LogP contribution >= 0.6 is 15.9 Å². The van der Waals surface area contributed by atoms with Gasteiger partial charge in [0.15, 0.2) is 0 Å². The maximum atomic E-state index is 12.2. The molecule has 78 valence electrons. The third kappa shape index (κ3) is 2.74. The highest BCUT2D eigenvalue weighted by molar-refractivity contribution is 9.09. The molecule has 14 heavy (non-hydrogen) atoms. The van der Waals surface area contributed by atoms with Crippen molar-refractivity contribution >= 4 is 15.9 Å². The Balaban J connectivity index is 2.89. The third-order valence-corrected chi connectivity index (χ3v) is 3.01. The zero-order valence-corrected chi connectivity index (χ0v) is 9.19. The first-order valence-electron chi connectivity index (χ1n) is 4.18. The molecule has 0 bridgehead atoms. The van der Waals surface area contributed by atoms with E-state index in [1.165, 1.54) is 12.1 Å². The average molecular weight is 267 g/mol. The SMILES string of the molecule is CC(CBr)c1ccc(C(F)(F)F)cc1. The third-order valence-electron chi connectivity index (χ3n) is 2.04. The Morgan fingerprint density at radius 2 is 1.71 bits per heavy atom. The zero-order valence-electron chi connectivity index (χ0n) is 7.61. The van der Waals surface area contributed by atoms with Gasteiger partial charge in [0.25, 0.3) is 0 Å². The minimum Gasteiger partial charge on any atom is -0.166 e. The molecule has 0 N–H and O–H groups in total. The molecule has 0 aliphatic rings. The van der Waals surface area contributed by atoms with E-state index in [0.717, 1.165) is 23.0 Å². The number of alkyl halides is 4. The van der Waals surface area contributed by atoms with Crippen molar-refractivity contribution in [2.24, 2.45) is 0 Å². The van der Waals surface area contributed by atoms with Gasteiger partial charge in [-0.2, -0.15) is 13.2 Å². The molecule has 0 radical (unpaired) electrons. The maximum absolute atomic E-state index is 12.2. The van der Waals surface area contributed by atoms with Gasteiger partial charge in [-0.05, 0) is 23.6 Å². The van der Waals surface area contributed by atoms with Crippen molar-refractivity contribution < 1.29 is 13.2 Å². The smallest absolute Gasteiger partial charge is 0.166 e. The molecular weight excluding hydrogens is 257 g/mol. The molecule has 0 nitrogen and oxygen atoms in total.